The van der Waals surface area contributed by atoms with Crippen LogP contribution in [0.2, 0.25) is 0 Å². The van der Waals surface area contributed by atoms with Crippen molar-refractivity contribution in [3.63, 3.8) is 0 Å². The van der Waals surface area contributed by atoms with Crippen LogP contribution in [0.5, 0.6) is 0 Å². The fourth-order valence-electron chi connectivity index (χ4n) is 2.22. The smallest absolute Gasteiger partial charge is 0.251 e. The molecular formula is C18H17N3O4S. The molecule has 0 aliphatic rings. The Kier molecular flexibility index (Phi) is 5.45. The number of amides is 1. The number of nitrogens with one attached hydrogen (secondary N) is 2. The number of furan rings is 1. The van der Waals surface area contributed by atoms with Gasteiger partial charge in [-0.25, -0.2) is 13.1 Å². The van der Waals surface area contributed by atoms with Crippen molar-refractivity contribution in [3.8, 4) is 0 Å². The van der Waals surface area contributed by atoms with Crippen LogP contribution in [0.3, 0.4) is 0 Å². The topological polar surface area (TPSA) is 101 Å². The first-order valence-corrected chi connectivity index (χ1v) is 9.33. The van der Waals surface area contributed by atoms with E-state index in [1.165, 1.54) is 30.5 Å². The van der Waals surface area contributed by atoms with Crippen molar-refractivity contribution in [2.75, 3.05) is 0 Å². The lowest BCUT2D eigenvalue weighted by Gasteiger charge is -2.08. The number of hydrogen-bond donors (Lipinski definition) is 2. The lowest BCUT2D eigenvalue weighted by atomic mass is 10.2. The highest BCUT2D eigenvalue weighted by molar-refractivity contribution is 7.89. The maximum absolute atomic E-state index is 12.3. The minimum Gasteiger partial charge on any atom is -0.467 e. The standard InChI is InChI=1S/C18H17N3O4S/c22-18(20-13-16-5-3-11-25-16)14-6-8-17(9-7-14)26(23,24)21-12-15-4-1-2-10-19-15/h1-11,21H,12-13H2,(H,20,22). The first-order valence-electron chi connectivity index (χ1n) is 7.85. The number of benzene rings is 1. The molecule has 0 aliphatic carbocycles. The second-order valence-electron chi connectivity index (χ2n) is 5.43. The summed E-state index contributed by atoms with van der Waals surface area (Å²) in [6.45, 7) is 0.353. The zero-order valence-corrected chi connectivity index (χ0v) is 14.6. The van der Waals surface area contributed by atoms with E-state index in [9.17, 15) is 13.2 Å². The molecule has 8 heteroatoms. The molecule has 0 atom stereocenters. The average Bonchev–Trinajstić information content (AvgIpc) is 3.19. The van der Waals surface area contributed by atoms with E-state index in [0.717, 1.165) is 0 Å². The second kappa shape index (κ2) is 7.94. The van der Waals surface area contributed by atoms with Crippen LogP contribution in [0.1, 0.15) is 21.8 Å². The summed E-state index contributed by atoms with van der Waals surface area (Å²) >= 11 is 0. The van der Waals surface area contributed by atoms with Crippen molar-refractivity contribution >= 4 is 15.9 Å². The van der Waals surface area contributed by atoms with Crippen molar-refractivity contribution in [3.05, 3.63) is 84.1 Å². The fourth-order valence-corrected chi connectivity index (χ4v) is 3.22. The van der Waals surface area contributed by atoms with Crippen LogP contribution in [-0.2, 0) is 23.1 Å². The number of rotatable bonds is 7. The minimum absolute atomic E-state index is 0.0796. The molecule has 0 saturated carbocycles. The van der Waals surface area contributed by atoms with Crippen molar-refractivity contribution in [2.24, 2.45) is 0 Å². The highest BCUT2D eigenvalue weighted by Gasteiger charge is 2.15. The quantitative estimate of drug-likeness (QED) is 0.662. The van der Waals surface area contributed by atoms with E-state index in [2.05, 4.69) is 15.0 Å². The van der Waals surface area contributed by atoms with Gasteiger partial charge in [-0.1, -0.05) is 6.07 Å². The zero-order chi connectivity index (χ0) is 18.4. The molecule has 3 aromatic rings. The van der Waals surface area contributed by atoms with Crippen molar-refractivity contribution in [2.45, 2.75) is 18.0 Å². The molecule has 3 rings (SSSR count). The Morgan fingerprint density at radius 1 is 1.00 bits per heavy atom. The summed E-state index contributed by atoms with van der Waals surface area (Å²) in [4.78, 5) is 16.2. The number of carbonyl (C=O) groups excluding carboxylic acids is 1. The summed E-state index contributed by atoms with van der Waals surface area (Å²) in [5.74, 6) is 0.322. The highest BCUT2D eigenvalue weighted by Crippen LogP contribution is 2.11. The maximum atomic E-state index is 12.3. The average molecular weight is 371 g/mol. The third-order valence-electron chi connectivity index (χ3n) is 3.60. The van der Waals surface area contributed by atoms with Gasteiger partial charge in [0.15, 0.2) is 0 Å². The van der Waals surface area contributed by atoms with E-state index in [-0.39, 0.29) is 23.9 Å². The molecule has 1 aromatic carbocycles. The Hall–Kier alpha value is -2.97. The minimum atomic E-state index is -3.69. The number of hydrogen-bond acceptors (Lipinski definition) is 5. The lowest BCUT2D eigenvalue weighted by Crippen LogP contribution is -2.24. The molecule has 7 nitrogen and oxygen atoms in total. The largest absolute Gasteiger partial charge is 0.467 e. The van der Waals surface area contributed by atoms with E-state index in [4.69, 9.17) is 4.42 Å². The zero-order valence-electron chi connectivity index (χ0n) is 13.8. The number of nitrogens with zero attached hydrogens (tertiary/aromatic N) is 1. The van der Waals surface area contributed by atoms with Crippen molar-refractivity contribution < 1.29 is 17.6 Å². The summed E-state index contributed by atoms with van der Waals surface area (Å²) in [7, 11) is -3.69. The summed E-state index contributed by atoms with van der Waals surface area (Å²) in [5, 5.41) is 2.70. The van der Waals surface area contributed by atoms with Gasteiger partial charge in [0, 0.05) is 11.8 Å². The maximum Gasteiger partial charge on any atom is 0.251 e. The van der Waals surface area contributed by atoms with Gasteiger partial charge in [0.25, 0.3) is 5.91 Å². The molecule has 2 aromatic heterocycles. The molecule has 2 heterocycles. The predicted molar refractivity (Wildman–Crippen MR) is 94.6 cm³/mol. The van der Waals surface area contributed by atoms with Crippen LogP contribution in [0.25, 0.3) is 0 Å². The van der Waals surface area contributed by atoms with Crippen molar-refractivity contribution in [1.82, 2.24) is 15.0 Å². The van der Waals surface area contributed by atoms with E-state index in [1.807, 2.05) is 0 Å². The molecule has 0 fully saturated rings. The van der Waals surface area contributed by atoms with Crippen LogP contribution >= 0.6 is 0 Å². The molecule has 2 N–H and O–H groups in total. The third kappa shape index (κ3) is 4.56. The summed E-state index contributed by atoms with van der Waals surface area (Å²) in [6.07, 6.45) is 3.12. The number of carbonyl (C=O) groups is 1. The van der Waals surface area contributed by atoms with Gasteiger partial charge in [-0.15, -0.1) is 0 Å². The number of sulfonamides is 1. The van der Waals surface area contributed by atoms with Gasteiger partial charge >= 0.3 is 0 Å². The Balaban J connectivity index is 1.61. The van der Waals surface area contributed by atoms with Gasteiger partial charge in [0.2, 0.25) is 10.0 Å². The molecule has 0 aliphatic heterocycles. The Morgan fingerprint density at radius 3 is 2.46 bits per heavy atom. The lowest BCUT2D eigenvalue weighted by molar-refractivity contribution is 0.0948. The molecule has 0 bridgehead atoms. The van der Waals surface area contributed by atoms with Gasteiger partial charge in [0.05, 0.1) is 29.9 Å². The van der Waals surface area contributed by atoms with Gasteiger partial charge in [-0.3, -0.25) is 9.78 Å². The van der Waals surface area contributed by atoms with E-state index in [0.29, 0.717) is 17.0 Å². The second-order valence-corrected chi connectivity index (χ2v) is 7.20. The predicted octanol–water partition coefficient (Wildman–Crippen LogP) is 2.08. The highest BCUT2D eigenvalue weighted by atomic mass is 32.2. The summed E-state index contributed by atoms with van der Waals surface area (Å²) in [6, 6.07) is 14.5. The molecule has 0 radical (unpaired) electrons. The van der Waals surface area contributed by atoms with Crippen LogP contribution in [-0.4, -0.2) is 19.3 Å². The Labute approximate surface area is 151 Å². The molecular weight excluding hydrogens is 354 g/mol. The SMILES string of the molecule is O=C(NCc1ccco1)c1ccc(S(=O)(=O)NCc2ccccn2)cc1. The number of pyridine rings is 1. The van der Waals surface area contributed by atoms with E-state index < -0.39 is 10.0 Å². The first-order chi connectivity index (χ1) is 12.5. The van der Waals surface area contributed by atoms with Gasteiger partial charge in [-0.05, 0) is 48.5 Å². The monoisotopic (exact) mass is 371 g/mol. The van der Waals surface area contributed by atoms with Gasteiger partial charge in [0.1, 0.15) is 5.76 Å². The molecule has 134 valence electrons. The van der Waals surface area contributed by atoms with Gasteiger partial charge in [-0.2, -0.15) is 0 Å². The van der Waals surface area contributed by atoms with Crippen molar-refractivity contribution in [1.29, 1.82) is 0 Å². The molecule has 26 heavy (non-hydrogen) atoms. The summed E-state index contributed by atoms with van der Waals surface area (Å²) in [5.41, 5.74) is 0.977. The molecule has 0 unspecified atom stereocenters. The molecule has 0 saturated heterocycles. The van der Waals surface area contributed by atoms with Crippen LogP contribution in [0, 0.1) is 0 Å². The Bertz CT molecular complexity index is 953. The fraction of sp³-hybridized carbons (Fsp3) is 0.111. The molecule has 0 spiro atoms. The van der Waals surface area contributed by atoms with E-state index in [1.54, 1.807) is 36.5 Å². The van der Waals surface area contributed by atoms with Crippen LogP contribution in [0.4, 0.5) is 0 Å². The van der Waals surface area contributed by atoms with E-state index >= 15 is 0 Å². The molecule has 1 amide bonds. The van der Waals surface area contributed by atoms with Crippen LogP contribution in [0.15, 0.2) is 76.4 Å². The normalized spacial score (nSPS) is 11.2. The number of aromatic nitrogens is 1. The van der Waals surface area contributed by atoms with Crippen LogP contribution < -0.4 is 10.0 Å². The summed E-state index contributed by atoms with van der Waals surface area (Å²) < 4.78 is 32.3. The Morgan fingerprint density at radius 2 is 1.81 bits per heavy atom. The van der Waals surface area contributed by atoms with Gasteiger partial charge < -0.3 is 9.73 Å². The third-order valence-corrected chi connectivity index (χ3v) is 5.02. The first kappa shape index (κ1) is 17.8.